The maximum Gasteiger partial charge on any atom is 0.0406 e. The molecule has 1 unspecified atom stereocenters. The number of piperidine rings is 1. The van der Waals surface area contributed by atoms with Gasteiger partial charge in [0.15, 0.2) is 0 Å². The Balaban J connectivity index is 1.29. The maximum absolute atomic E-state index is 4.51. The fourth-order valence-corrected chi connectivity index (χ4v) is 4.57. The zero-order valence-corrected chi connectivity index (χ0v) is 15.3. The van der Waals surface area contributed by atoms with Crippen molar-refractivity contribution in [2.75, 3.05) is 31.1 Å². The van der Waals surface area contributed by atoms with Crippen molar-refractivity contribution in [1.82, 2.24) is 9.88 Å². The molecule has 0 N–H and O–H groups in total. The molecular formula is C22H29N3. The number of hydrogen-bond donors (Lipinski definition) is 0. The molecule has 1 aromatic carbocycles. The van der Waals surface area contributed by atoms with Gasteiger partial charge in [0.2, 0.25) is 0 Å². The second kappa shape index (κ2) is 7.57. The van der Waals surface area contributed by atoms with Crippen molar-refractivity contribution in [2.45, 2.75) is 38.6 Å². The van der Waals surface area contributed by atoms with Crippen LogP contribution in [0, 0.1) is 12.8 Å². The highest BCUT2D eigenvalue weighted by Gasteiger charge is 2.31. The fourth-order valence-electron chi connectivity index (χ4n) is 4.57. The number of likely N-dealkylation sites (tertiary alicyclic amines) is 1. The quantitative estimate of drug-likeness (QED) is 0.844. The topological polar surface area (TPSA) is 19.4 Å². The van der Waals surface area contributed by atoms with E-state index in [0.29, 0.717) is 0 Å². The summed E-state index contributed by atoms with van der Waals surface area (Å²) >= 11 is 0. The Morgan fingerprint density at radius 2 is 1.76 bits per heavy atom. The van der Waals surface area contributed by atoms with Crippen LogP contribution in [-0.4, -0.2) is 42.1 Å². The minimum atomic E-state index is 0.772. The smallest absolute Gasteiger partial charge is 0.0406 e. The van der Waals surface area contributed by atoms with Crippen molar-refractivity contribution in [1.29, 1.82) is 0 Å². The number of benzene rings is 1. The average molecular weight is 335 g/mol. The molecule has 0 radical (unpaired) electrons. The van der Waals surface area contributed by atoms with Gasteiger partial charge in [0.1, 0.15) is 0 Å². The lowest BCUT2D eigenvalue weighted by Gasteiger charge is -2.38. The summed E-state index contributed by atoms with van der Waals surface area (Å²) in [7, 11) is 0. The Morgan fingerprint density at radius 3 is 2.52 bits per heavy atom. The van der Waals surface area contributed by atoms with Crippen molar-refractivity contribution < 1.29 is 0 Å². The normalized spacial score (nSPS) is 22.4. The van der Waals surface area contributed by atoms with Crippen LogP contribution in [0.4, 0.5) is 5.69 Å². The molecule has 2 fully saturated rings. The third kappa shape index (κ3) is 3.87. The molecule has 0 aliphatic carbocycles. The molecule has 2 aliphatic heterocycles. The summed E-state index contributed by atoms with van der Waals surface area (Å²) in [5.41, 5.74) is 4.08. The minimum Gasteiger partial charge on any atom is -0.371 e. The van der Waals surface area contributed by atoms with E-state index >= 15 is 0 Å². The lowest BCUT2D eigenvalue weighted by molar-refractivity contribution is 0.200. The van der Waals surface area contributed by atoms with E-state index in [0.717, 1.165) is 18.4 Å². The average Bonchev–Trinajstić information content (AvgIpc) is 3.12. The molecule has 0 bridgehead atoms. The molecule has 1 aromatic heterocycles. The zero-order valence-electron chi connectivity index (χ0n) is 15.3. The molecule has 132 valence electrons. The first-order chi connectivity index (χ1) is 12.3. The molecular weight excluding hydrogens is 306 g/mol. The Labute approximate surface area is 151 Å². The van der Waals surface area contributed by atoms with Gasteiger partial charge in [-0.1, -0.05) is 24.3 Å². The molecule has 4 rings (SSSR count). The van der Waals surface area contributed by atoms with E-state index in [2.05, 4.69) is 58.1 Å². The minimum absolute atomic E-state index is 0.772. The summed E-state index contributed by atoms with van der Waals surface area (Å²) < 4.78 is 0. The molecule has 3 heteroatoms. The molecule has 0 amide bonds. The van der Waals surface area contributed by atoms with E-state index in [1.807, 2.05) is 12.3 Å². The van der Waals surface area contributed by atoms with Gasteiger partial charge in [0.05, 0.1) is 0 Å². The number of para-hydroxylation sites is 1. The zero-order chi connectivity index (χ0) is 17.1. The molecule has 25 heavy (non-hydrogen) atoms. The van der Waals surface area contributed by atoms with Crippen LogP contribution < -0.4 is 4.90 Å². The number of pyridine rings is 1. The largest absolute Gasteiger partial charge is 0.371 e. The van der Waals surface area contributed by atoms with Gasteiger partial charge in [-0.25, -0.2) is 0 Å². The Morgan fingerprint density at radius 1 is 0.960 bits per heavy atom. The van der Waals surface area contributed by atoms with Crippen molar-refractivity contribution >= 4 is 5.69 Å². The number of anilines is 1. The summed E-state index contributed by atoms with van der Waals surface area (Å²) in [4.78, 5) is 9.84. The van der Waals surface area contributed by atoms with Gasteiger partial charge in [-0.15, -0.1) is 0 Å². The SMILES string of the molecule is Cc1ccccc1N1CCC(N2CCC(Cc3ccccn3)C2)CC1. The maximum atomic E-state index is 4.51. The lowest BCUT2D eigenvalue weighted by Crippen LogP contribution is -2.44. The molecule has 2 aromatic rings. The van der Waals surface area contributed by atoms with E-state index < -0.39 is 0 Å². The van der Waals surface area contributed by atoms with Crippen molar-refractivity contribution in [3.05, 3.63) is 59.9 Å². The predicted octanol–water partition coefficient (Wildman–Crippen LogP) is 3.92. The Hall–Kier alpha value is -1.87. The first kappa shape index (κ1) is 16.6. The first-order valence-electron chi connectivity index (χ1n) is 9.74. The number of nitrogens with zero attached hydrogens (tertiary/aromatic N) is 3. The lowest BCUT2D eigenvalue weighted by atomic mass is 10.0. The molecule has 3 nitrogen and oxygen atoms in total. The Kier molecular flexibility index (Phi) is 5.02. The summed E-state index contributed by atoms with van der Waals surface area (Å²) in [5, 5.41) is 0. The van der Waals surface area contributed by atoms with Gasteiger partial charge in [-0.2, -0.15) is 0 Å². The van der Waals surface area contributed by atoms with Crippen LogP contribution in [0.15, 0.2) is 48.7 Å². The van der Waals surface area contributed by atoms with Crippen molar-refractivity contribution in [2.24, 2.45) is 5.92 Å². The first-order valence-corrected chi connectivity index (χ1v) is 9.74. The fraction of sp³-hybridized carbons (Fsp3) is 0.500. The van der Waals surface area contributed by atoms with Crippen LogP contribution >= 0.6 is 0 Å². The summed E-state index contributed by atoms with van der Waals surface area (Å²) in [6.45, 7) is 7.14. The summed E-state index contributed by atoms with van der Waals surface area (Å²) in [6, 6.07) is 15.9. The number of aromatic nitrogens is 1. The highest BCUT2D eigenvalue weighted by atomic mass is 15.2. The van der Waals surface area contributed by atoms with E-state index in [1.165, 1.54) is 62.4 Å². The van der Waals surface area contributed by atoms with Crippen LogP contribution in [0.3, 0.4) is 0 Å². The van der Waals surface area contributed by atoms with E-state index in [9.17, 15) is 0 Å². The number of rotatable bonds is 4. The van der Waals surface area contributed by atoms with Gasteiger partial charge in [0.25, 0.3) is 0 Å². The van der Waals surface area contributed by atoms with Gasteiger partial charge >= 0.3 is 0 Å². The van der Waals surface area contributed by atoms with Crippen LogP contribution in [0.2, 0.25) is 0 Å². The highest BCUT2D eigenvalue weighted by Crippen LogP contribution is 2.29. The van der Waals surface area contributed by atoms with Crippen molar-refractivity contribution in [3.63, 3.8) is 0 Å². The summed E-state index contributed by atoms with van der Waals surface area (Å²) in [5.74, 6) is 0.782. The third-order valence-electron chi connectivity index (χ3n) is 5.98. The number of hydrogen-bond acceptors (Lipinski definition) is 3. The standard InChI is InChI=1S/C22H29N3/c1-18-6-2-3-8-22(18)24-14-10-21(11-15-24)25-13-9-19(17-25)16-20-7-4-5-12-23-20/h2-8,12,19,21H,9-11,13-17H2,1H3. The molecule has 0 saturated carbocycles. The molecule has 0 spiro atoms. The van der Waals surface area contributed by atoms with Crippen LogP contribution in [0.5, 0.6) is 0 Å². The monoisotopic (exact) mass is 335 g/mol. The van der Waals surface area contributed by atoms with Crippen LogP contribution in [0.1, 0.15) is 30.5 Å². The van der Waals surface area contributed by atoms with E-state index in [-0.39, 0.29) is 0 Å². The van der Waals surface area contributed by atoms with Gasteiger partial charge in [-0.05, 0) is 68.8 Å². The number of aryl methyl sites for hydroxylation is 1. The van der Waals surface area contributed by atoms with E-state index in [1.54, 1.807) is 0 Å². The second-order valence-corrected chi connectivity index (χ2v) is 7.68. The molecule has 1 atom stereocenters. The van der Waals surface area contributed by atoms with Gasteiger partial charge < -0.3 is 4.90 Å². The Bertz CT molecular complexity index is 677. The molecule has 3 heterocycles. The summed E-state index contributed by atoms with van der Waals surface area (Å²) in [6.07, 6.45) is 6.98. The van der Waals surface area contributed by atoms with E-state index in [4.69, 9.17) is 0 Å². The van der Waals surface area contributed by atoms with Crippen LogP contribution in [0.25, 0.3) is 0 Å². The second-order valence-electron chi connectivity index (χ2n) is 7.68. The van der Waals surface area contributed by atoms with Crippen LogP contribution in [-0.2, 0) is 6.42 Å². The molecule has 2 aliphatic rings. The third-order valence-corrected chi connectivity index (χ3v) is 5.98. The molecule has 2 saturated heterocycles. The highest BCUT2D eigenvalue weighted by molar-refractivity contribution is 5.53. The van der Waals surface area contributed by atoms with Crippen molar-refractivity contribution in [3.8, 4) is 0 Å². The van der Waals surface area contributed by atoms with Gasteiger partial charge in [-0.3, -0.25) is 9.88 Å². The van der Waals surface area contributed by atoms with Gasteiger partial charge in [0, 0.05) is 43.3 Å². The predicted molar refractivity (Wildman–Crippen MR) is 104 cm³/mol.